The standard InChI is InChI=1S/C26H26N4O3S/c1-17-23(34-25(29-17)22-7-3-4-12-27-22)26(31)30-13-5-6-19(16-30)24-28-15-21(33-24)14-18-8-10-20(32-2)11-9-18/h3-4,7-12,15,19H,5-6,13-14,16H2,1-2H3/t19-/m0/s1. The van der Waals surface area contributed by atoms with Crippen LogP contribution in [0.25, 0.3) is 10.7 Å². The molecule has 0 saturated carbocycles. The molecule has 5 rings (SSSR count). The number of aryl methyl sites for hydroxylation is 1. The van der Waals surface area contributed by atoms with Crippen LogP contribution < -0.4 is 4.74 Å². The van der Waals surface area contributed by atoms with Gasteiger partial charge in [-0.2, -0.15) is 0 Å². The van der Waals surface area contributed by atoms with E-state index in [1.54, 1.807) is 19.5 Å². The summed E-state index contributed by atoms with van der Waals surface area (Å²) in [6.07, 6.45) is 6.07. The smallest absolute Gasteiger partial charge is 0.265 e. The van der Waals surface area contributed by atoms with Gasteiger partial charge in [0.15, 0.2) is 5.89 Å². The number of oxazole rings is 1. The lowest BCUT2D eigenvalue weighted by Gasteiger charge is -2.31. The molecular weight excluding hydrogens is 448 g/mol. The predicted octanol–water partition coefficient (Wildman–Crippen LogP) is 5.12. The summed E-state index contributed by atoms with van der Waals surface area (Å²) in [7, 11) is 1.66. The third kappa shape index (κ3) is 4.72. The molecule has 0 bridgehead atoms. The highest BCUT2D eigenvalue weighted by Crippen LogP contribution is 2.31. The molecule has 4 aromatic rings. The van der Waals surface area contributed by atoms with Crippen LogP contribution in [0.5, 0.6) is 5.75 Å². The van der Waals surface area contributed by atoms with E-state index in [0.717, 1.165) is 52.9 Å². The lowest BCUT2D eigenvalue weighted by molar-refractivity contribution is 0.0702. The number of carbonyl (C=O) groups is 1. The minimum Gasteiger partial charge on any atom is -0.497 e. The maximum Gasteiger partial charge on any atom is 0.265 e. The summed E-state index contributed by atoms with van der Waals surface area (Å²) in [5, 5.41) is 0.769. The zero-order chi connectivity index (χ0) is 23.5. The van der Waals surface area contributed by atoms with Gasteiger partial charge >= 0.3 is 0 Å². The molecule has 1 amide bonds. The fraction of sp³-hybridized carbons (Fsp3) is 0.308. The zero-order valence-electron chi connectivity index (χ0n) is 19.2. The maximum atomic E-state index is 13.4. The Bertz CT molecular complexity index is 1270. The Morgan fingerprint density at radius 2 is 2.06 bits per heavy atom. The van der Waals surface area contributed by atoms with E-state index in [-0.39, 0.29) is 11.8 Å². The van der Waals surface area contributed by atoms with E-state index in [0.29, 0.717) is 23.7 Å². The number of likely N-dealkylation sites (tertiary alicyclic amines) is 1. The number of piperidine rings is 1. The number of methoxy groups -OCH3 is 1. The Morgan fingerprint density at radius 1 is 1.21 bits per heavy atom. The largest absolute Gasteiger partial charge is 0.497 e. The van der Waals surface area contributed by atoms with E-state index in [1.807, 2.05) is 54.3 Å². The number of benzene rings is 1. The van der Waals surface area contributed by atoms with Gasteiger partial charge in [0.2, 0.25) is 0 Å². The van der Waals surface area contributed by atoms with Crippen LogP contribution in [0.1, 0.15) is 51.3 Å². The molecule has 1 aromatic carbocycles. The highest BCUT2D eigenvalue weighted by atomic mass is 32.1. The van der Waals surface area contributed by atoms with Crippen molar-refractivity contribution in [3.63, 3.8) is 0 Å². The normalized spacial score (nSPS) is 15.9. The Labute approximate surface area is 202 Å². The summed E-state index contributed by atoms with van der Waals surface area (Å²) in [4.78, 5) is 29.4. The van der Waals surface area contributed by atoms with Gasteiger partial charge in [0.05, 0.1) is 30.6 Å². The molecular formula is C26H26N4O3S. The van der Waals surface area contributed by atoms with Gasteiger partial charge in [-0.25, -0.2) is 9.97 Å². The summed E-state index contributed by atoms with van der Waals surface area (Å²) >= 11 is 1.41. The molecule has 0 radical (unpaired) electrons. The second kappa shape index (κ2) is 9.77. The zero-order valence-corrected chi connectivity index (χ0v) is 20.0. The molecule has 3 aromatic heterocycles. The van der Waals surface area contributed by atoms with Gasteiger partial charge in [0.25, 0.3) is 5.91 Å². The van der Waals surface area contributed by atoms with E-state index in [4.69, 9.17) is 9.15 Å². The number of hydrogen-bond acceptors (Lipinski definition) is 7. The van der Waals surface area contributed by atoms with E-state index in [9.17, 15) is 4.79 Å². The van der Waals surface area contributed by atoms with E-state index in [1.165, 1.54) is 11.3 Å². The van der Waals surface area contributed by atoms with Gasteiger partial charge < -0.3 is 14.1 Å². The first-order valence-electron chi connectivity index (χ1n) is 11.4. The number of carbonyl (C=O) groups excluding carboxylic acids is 1. The first-order valence-corrected chi connectivity index (χ1v) is 12.2. The topological polar surface area (TPSA) is 81.4 Å². The predicted molar refractivity (Wildman–Crippen MR) is 130 cm³/mol. The van der Waals surface area contributed by atoms with Gasteiger partial charge in [0.1, 0.15) is 21.4 Å². The van der Waals surface area contributed by atoms with Crippen molar-refractivity contribution in [2.45, 2.75) is 32.1 Å². The first-order chi connectivity index (χ1) is 16.6. The molecule has 1 fully saturated rings. The minimum absolute atomic E-state index is 0.0203. The lowest BCUT2D eigenvalue weighted by Crippen LogP contribution is -2.39. The van der Waals surface area contributed by atoms with Crippen LogP contribution in [0, 0.1) is 6.92 Å². The van der Waals surface area contributed by atoms with Crippen molar-refractivity contribution >= 4 is 17.2 Å². The van der Waals surface area contributed by atoms with Crippen molar-refractivity contribution < 1.29 is 13.9 Å². The van der Waals surface area contributed by atoms with Crippen LogP contribution in [0.3, 0.4) is 0 Å². The van der Waals surface area contributed by atoms with E-state index in [2.05, 4.69) is 15.0 Å². The third-order valence-corrected chi connectivity index (χ3v) is 7.21. The highest BCUT2D eigenvalue weighted by molar-refractivity contribution is 7.17. The number of thiazole rings is 1. The van der Waals surface area contributed by atoms with Gasteiger partial charge in [-0.05, 0) is 49.6 Å². The molecule has 1 saturated heterocycles. The average molecular weight is 475 g/mol. The van der Waals surface area contributed by atoms with Gasteiger partial charge in [-0.3, -0.25) is 9.78 Å². The number of nitrogens with zero attached hydrogens (tertiary/aromatic N) is 4. The Balaban J connectivity index is 1.27. The number of aromatic nitrogens is 3. The molecule has 8 heteroatoms. The molecule has 0 unspecified atom stereocenters. The number of rotatable bonds is 6. The number of amides is 1. The molecule has 1 atom stereocenters. The van der Waals surface area contributed by atoms with Crippen LogP contribution in [0.15, 0.2) is 59.3 Å². The van der Waals surface area contributed by atoms with Crippen LogP contribution in [0.4, 0.5) is 0 Å². The minimum atomic E-state index is 0.0203. The van der Waals surface area contributed by atoms with Gasteiger partial charge in [-0.15, -0.1) is 11.3 Å². The molecule has 7 nitrogen and oxygen atoms in total. The molecule has 0 aliphatic carbocycles. The quantitative estimate of drug-likeness (QED) is 0.386. The van der Waals surface area contributed by atoms with Crippen LogP contribution in [-0.2, 0) is 6.42 Å². The monoisotopic (exact) mass is 474 g/mol. The molecule has 0 N–H and O–H groups in total. The average Bonchev–Trinajstić information content (AvgIpc) is 3.51. The Kier molecular flexibility index (Phi) is 6.40. The molecule has 1 aliphatic rings. The van der Waals surface area contributed by atoms with Crippen molar-refractivity contribution in [2.75, 3.05) is 20.2 Å². The summed E-state index contributed by atoms with van der Waals surface area (Å²) in [5.74, 6) is 2.47. The van der Waals surface area contributed by atoms with Crippen LogP contribution in [0.2, 0.25) is 0 Å². The Hall–Kier alpha value is -3.52. The third-order valence-electron chi connectivity index (χ3n) is 6.04. The van der Waals surface area contributed by atoms with Crippen molar-refractivity contribution in [3.8, 4) is 16.5 Å². The molecule has 4 heterocycles. The molecule has 1 aliphatic heterocycles. The Morgan fingerprint density at radius 3 is 2.82 bits per heavy atom. The number of ether oxygens (including phenoxy) is 1. The first kappa shape index (κ1) is 22.3. The van der Waals surface area contributed by atoms with Crippen LogP contribution >= 0.6 is 11.3 Å². The maximum absolute atomic E-state index is 13.4. The van der Waals surface area contributed by atoms with Crippen molar-refractivity contribution in [3.05, 3.63) is 82.6 Å². The fourth-order valence-corrected chi connectivity index (χ4v) is 5.25. The van der Waals surface area contributed by atoms with E-state index < -0.39 is 0 Å². The van der Waals surface area contributed by atoms with Crippen molar-refractivity contribution in [1.29, 1.82) is 0 Å². The molecule has 34 heavy (non-hydrogen) atoms. The highest BCUT2D eigenvalue weighted by Gasteiger charge is 2.30. The fourth-order valence-electron chi connectivity index (χ4n) is 4.24. The summed E-state index contributed by atoms with van der Waals surface area (Å²) in [6, 6.07) is 13.6. The second-order valence-corrected chi connectivity index (χ2v) is 9.43. The van der Waals surface area contributed by atoms with Crippen LogP contribution in [-0.4, -0.2) is 46.0 Å². The van der Waals surface area contributed by atoms with Crippen molar-refractivity contribution in [2.24, 2.45) is 0 Å². The van der Waals surface area contributed by atoms with E-state index >= 15 is 0 Å². The number of pyridine rings is 1. The SMILES string of the molecule is COc1ccc(Cc2cnc([C@H]3CCCN(C(=O)c4sc(-c5ccccn5)nc4C)C3)o2)cc1. The molecule has 174 valence electrons. The summed E-state index contributed by atoms with van der Waals surface area (Å²) < 4.78 is 11.3. The lowest BCUT2D eigenvalue weighted by atomic mass is 9.98. The number of hydrogen-bond donors (Lipinski definition) is 0. The van der Waals surface area contributed by atoms with Gasteiger partial charge in [-0.1, -0.05) is 18.2 Å². The van der Waals surface area contributed by atoms with Crippen molar-refractivity contribution in [1.82, 2.24) is 19.9 Å². The second-order valence-electron chi connectivity index (χ2n) is 8.43. The van der Waals surface area contributed by atoms with Gasteiger partial charge in [0, 0.05) is 25.7 Å². The summed E-state index contributed by atoms with van der Waals surface area (Å²) in [5.41, 5.74) is 2.67. The molecule has 0 spiro atoms. The summed E-state index contributed by atoms with van der Waals surface area (Å²) in [6.45, 7) is 3.21.